The van der Waals surface area contributed by atoms with Gasteiger partial charge in [-0.3, -0.25) is 9.55 Å². The molecule has 0 N–H and O–H groups in total. The van der Waals surface area contributed by atoms with Crippen LogP contribution in [-0.2, 0) is 0 Å². The molecule has 14 rings (SSSR count). The largest absolute Gasteiger partial charge is 0.453 e. The second-order valence-corrected chi connectivity index (χ2v) is 17.3. The SMILES string of the molecule is c1ccc(-c2nc(-c3ccccc3)nc(-c3cccc(-n4c5ccccc5c5cc(-c6cccc(-c7ccc8c(c7)c7ccccc7n8-c7ccc8oc9cccnc9c8n7)c6)ccc54)c3)n2)cc1. The van der Waals surface area contributed by atoms with Crippen molar-refractivity contribution in [1.82, 2.24) is 34.1 Å². The first-order valence-corrected chi connectivity index (χ1v) is 23.0. The molecule has 0 saturated carbocycles. The third-order valence-corrected chi connectivity index (χ3v) is 13.2. The van der Waals surface area contributed by atoms with Gasteiger partial charge in [-0.25, -0.2) is 19.9 Å². The molecule has 0 aliphatic rings. The first-order chi connectivity index (χ1) is 34.2. The summed E-state index contributed by atoms with van der Waals surface area (Å²) >= 11 is 0. The van der Waals surface area contributed by atoms with Gasteiger partial charge in [-0.05, 0) is 101 Å². The van der Waals surface area contributed by atoms with Crippen molar-refractivity contribution in [3.05, 3.63) is 225 Å². The van der Waals surface area contributed by atoms with Crippen molar-refractivity contribution in [2.45, 2.75) is 0 Å². The van der Waals surface area contributed by atoms with E-state index in [4.69, 9.17) is 24.4 Å². The number of furan rings is 1. The Labute approximate surface area is 395 Å². The molecule has 14 aromatic rings. The molecule has 0 fully saturated rings. The molecule has 0 atom stereocenters. The van der Waals surface area contributed by atoms with Gasteiger partial charge < -0.3 is 8.98 Å². The van der Waals surface area contributed by atoms with Crippen LogP contribution in [0, 0.1) is 0 Å². The van der Waals surface area contributed by atoms with Crippen LogP contribution in [0.1, 0.15) is 0 Å². The van der Waals surface area contributed by atoms with Crippen LogP contribution in [0.25, 0.3) is 134 Å². The molecule has 6 heterocycles. The van der Waals surface area contributed by atoms with Gasteiger partial charge in [-0.2, -0.15) is 0 Å². The molecule has 0 bridgehead atoms. The number of aromatic nitrogens is 7. The normalized spacial score (nSPS) is 11.8. The van der Waals surface area contributed by atoms with Crippen LogP contribution in [0.3, 0.4) is 0 Å². The molecule has 0 spiro atoms. The van der Waals surface area contributed by atoms with Gasteiger partial charge in [-0.15, -0.1) is 0 Å². The lowest BCUT2D eigenvalue weighted by atomic mass is 9.97. The van der Waals surface area contributed by atoms with Crippen LogP contribution in [0.4, 0.5) is 0 Å². The maximum atomic E-state index is 6.07. The van der Waals surface area contributed by atoms with Crippen LogP contribution in [0.15, 0.2) is 229 Å². The highest BCUT2D eigenvalue weighted by Crippen LogP contribution is 2.39. The minimum atomic E-state index is 0.619. The van der Waals surface area contributed by atoms with Crippen molar-refractivity contribution < 1.29 is 4.42 Å². The highest BCUT2D eigenvalue weighted by molar-refractivity contribution is 6.12. The van der Waals surface area contributed by atoms with Crippen LogP contribution < -0.4 is 0 Å². The van der Waals surface area contributed by atoms with E-state index < -0.39 is 0 Å². The van der Waals surface area contributed by atoms with Gasteiger partial charge in [-0.1, -0.05) is 140 Å². The van der Waals surface area contributed by atoms with Gasteiger partial charge in [0.05, 0.1) is 22.1 Å². The predicted molar refractivity (Wildman–Crippen MR) is 279 cm³/mol. The molecule has 0 aliphatic heterocycles. The van der Waals surface area contributed by atoms with Gasteiger partial charge in [0, 0.05) is 50.1 Å². The summed E-state index contributed by atoms with van der Waals surface area (Å²) in [5.74, 6) is 2.71. The maximum absolute atomic E-state index is 6.07. The van der Waals surface area contributed by atoms with E-state index in [2.05, 4.69) is 148 Å². The molecule has 8 heteroatoms. The third-order valence-electron chi connectivity index (χ3n) is 13.2. The lowest BCUT2D eigenvalue weighted by molar-refractivity contribution is 0.667. The lowest BCUT2D eigenvalue weighted by Crippen LogP contribution is -2.01. The minimum absolute atomic E-state index is 0.619. The number of fused-ring (bicyclic) bond motifs is 9. The Morgan fingerprint density at radius 2 is 0.812 bits per heavy atom. The molecule has 0 amide bonds. The van der Waals surface area contributed by atoms with E-state index in [0.29, 0.717) is 17.5 Å². The molecule has 69 heavy (non-hydrogen) atoms. The van der Waals surface area contributed by atoms with Crippen LogP contribution >= 0.6 is 0 Å². The summed E-state index contributed by atoms with van der Waals surface area (Å²) < 4.78 is 10.7. The van der Waals surface area contributed by atoms with Crippen molar-refractivity contribution >= 4 is 65.8 Å². The molecule has 6 aromatic heterocycles. The Morgan fingerprint density at radius 1 is 0.304 bits per heavy atom. The van der Waals surface area contributed by atoms with Crippen LogP contribution in [0.2, 0.25) is 0 Å². The summed E-state index contributed by atoms with van der Waals surface area (Å²) in [6.07, 6.45) is 1.78. The zero-order valence-electron chi connectivity index (χ0n) is 36.9. The monoisotopic (exact) mass is 883 g/mol. The van der Waals surface area contributed by atoms with Crippen molar-refractivity contribution in [2.24, 2.45) is 0 Å². The molecule has 8 aromatic carbocycles. The highest BCUT2D eigenvalue weighted by atomic mass is 16.3. The molecule has 0 aliphatic carbocycles. The zero-order valence-corrected chi connectivity index (χ0v) is 36.9. The van der Waals surface area contributed by atoms with E-state index in [-0.39, 0.29) is 0 Å². The first-order valence-electron chi connectivity index (χ1n) is 23.0. The molecule has 322 valence electrons. The highest BCUT2D eigenvalue weighted by Gasteiger charge is 2.19. The average molecular weight is 884 g/mol. The molecular weight excluding hydrogens is 847 g/mol. The van der Waals surface area contributed by atoms with E-state index in [1.807, 2.05) is 84.9 Å². The molecule has 0 radical (unpaired) electrons. The first kappa shape index (κ1) is 38.7. The number of pyridine rings is 2. The summed E-state index contributed by atoms with van der Waals surface area (Å²) in [6, 6.07) is 76.2. The van der Waals surface area contributed by atoms with E-state index in [9.17, 15) is 0 Å². The Bertz CT molecular complexity index is 4260. The van der Waals surface area contributed by atoms with Gasteiger partial charge in [0.15, 0.2) is 28.6 Å². The Kier molecular flexibility index (Phi) is 8.72. The number of hydrogen-bond acceptors (Lipinski definition) is 6. The van der Waals surface area contributed by atoms with E-state index in [1.54, 1.807) is 6.20 Å². The van der Waals surface area contributed by atoms with Crippen molar-refractivity contribution in [1.29, 1.82) is 0 Å². The van der Waals surface area contributed by atoms with Crippen molar-refractivity contribution in [3.63, 3.8) is 0 Å². The maximum Gasteiger partial charge on any atom is 0.164 e. The smallest absolute Gasteiger partial charge is 0.164 e. The summed E-state index contributed by atoms with van der Waals surface area (Å²) in [5, 5.41) is 4.68. The second-order valence-electron chi connectivity index (χ2n) is 17.3. The Hall–Kier alpha value is -9.53. The quantitative estimate of drug-likeness (QED) is 0.158. The number of hydrogen-bond donors (Lipinski definition) is 0. The minimum Gasteiger partial charge on any atom is -0.453 e. The fraction of sp³-hybridized carbons (Fsp3) is 0. The summed E-state index contributed by atoms with van der Waals surface area (Å²) in [7, 11) is 0. The van der Waals surface area contributed by atoms with Gasteiger partial charge in [0.2, 0.25) is 0 Å². The number of rotatable bonds is 7. The van der Waals surface area contributed by atoms with Gasteiger partial charge in [0.1, 0.15) is 16.9 Å². The fourth-order valence-electron chi connectivity index (χ4n) is 10.0. The zero-order chi connectivity index (χ0) is 45.4. The standard InChI is InChI=1S/C61H37N7O/c1-3-14-38(15-4-1)59-64-60(39-16-5-2-6-17-39)66-61(65-59)44-20-12-21-45(35-44)67-50-24-9-7-22-46(50)48-36-42(27-29-52(48)67)40-18-11-19-41(34-40)43-28-30-53-49(37-43)47-23-8-10-25-51(47)68(53)56-32-31-55-58(63-56)57-54(69-55)26-13-33-62-57/h1-37H. The van der Waals surface area contributed by atoms with E-state index in [0.717, 1.165) is 105 Å². The van der Waals surface area contributed by atoms with Gasteiger partial charge >= 0.3 is 0 Å². The number of para-hydroxylation sites is 2. The molecule has 0 saturated heterocycles. The Balaban J connectivity index is 0.846. The number of benzene rings is 8. The van der Waals surface area contributed by atoms with Gasteiger partial charge in [0.25, 0.3) is 0 Å². The summed E-state index contributed by atoms with van der Waals surface area (Å²) in [4.78, 5) is 24.7. The summed E-state index contributed by atoms with van der Waals surface area (Å²) in [6.45, 7) is 0. The second kappa shape index (κ2) is 15.5. The van der Waals surface area contributed by atoms with Crippen LogP contribution in [0.5, 0.6) is 0 Å². The lowest BCUT2D eigenvalue weighted by Gasteiger charge is -2.12. The van der Waals surface area contributed by atoms with Crippen LogP contribution in [-0.4, -0.2) is 34.1 Å². The van der Waals surface area contributed by atoms with E-state index in [1.165, 1.54) is 10.8 Å². The Morgan fingerprint density at radius 3 is 1.48 bits per heavy atom. The topological polar surface area (TPSA) is 87.5 Å². The molecule has 8 nitrogen and oxygen atoms in total. The predicted octanol–water partition coefficient (Wildman–Crippen LogP) is 15.1. The van der Waals surface area contributed by atoms with E-state index >= 15 is 0 Å². The average Bonchev–Trinajstić information content (AvgIpc) is 4.08. The fourth-order valence-corrected chi connectivity index (χ4v) is 10.0. The number of nitrogens with zero attached hydrogens (tertiary/aromatic N) is 7. The molecule has 0 unspecified atom stereocenters. The third kappa shape index (κ3) is 6.42. The van der Waals surface area contributed by atoms with Crippen molar-refractivity contribution in [3.8, 4) is 67.9 Å². The molecular formula is C61H37N7O. The summed E-state index contributed by atoms with van der Waals surface area (Å²) in [5.41, 5.74) is 15.8. The van der Waals surface area contributed by atoms with Crippen molar-refractivity contribution in [2.75, 3.05) is 0 Å².